The van der Waals surface area contributed by atoms with E-state index in [1.807, 2.05) is 44.2 Å². The van der Waals surface area contributed by atoms with Crippen molar-refractivity contribution in [3.8, 4) is 11.3 Å². The zero-order chi connectivity index (χ0) is 12.3. The molecule has 17 heavy (non-hydrogen) atoms. The normalized spacial score (nSPS) is 12.4. The van der Waals surface area contributed by atoms with E-state index in [9.17, 15) is 4.79 Å². The Morgan fingerprint density at radius 1 is 1.35 bits per heavy atom. The molecule has 0 fully saturated rings. The van der Waals surface area contributed by atoms with Crippen LogP contribution in [0.4, 0.5) is 0 Å². The molecule has 3 heteroatoms. The molecule has 0 radical (unpaired) electrons. The van der Waals surface area contributed by atoms with Gasteiger partial charge in [0.15, 0.2) is 11.5 Å². The number of aromatic nitrogens is 1. The molecule has 0 bridgehead atoms. The second kappa shape index (κ2) is 4.95. The number of Topliss-reactive ketones (excluding diaryl/α,β-unsaturated/α-hetero) is 1. The van der Waals surface area contributed by atoms with Crippen LogP contribution < -0.4 is 0 Å². The second-order valence-electron chi connectivity index (χ2n) is 4.11. The summed E-state index contributed by atoms with van der Waals surface area (Å²) >= 11 is 0. The van der Waals surface area contributed by atoms with Crippen molar-refractivity contribution in [1.82, 2.24) is 5.16 Å². The number of nitrogens with zero attached hydrogens (tertiary/aromatic N) is 1. The lowest BCUT2D eigenvalue weighted by atomic mass is 9.96. The highest BCUT2D eigenvalue weighted by Crippen LogP contribution is 2.25. The van der Waals surface area contributed by atoms with Crippen LogP contribution in [0.1, 0.15) is 30.6 Å². The number of carbonyl (C=O) groups is 1. The smallest absolute Gasteiger partial charge is 0.177 e. The van der Waals surface area contributed by atoms with Crippen molar-refractivity contribution in [3.05, 3.63) is 42.1 Å². The summed E-state index contributed by atoms with van der Waals surface area (Å²) in [6.45, 7) is 3.92. The molecule has 2 aromatic rings. The Morgan fingerprint density at radius 3 is 2.71 bits per heavy atom. The Kier molecular flexibility index (Phi) is 3.38. The van der Waals surface area contributed by atoms with Gasteiger partial charge < -0.3 is 4.52 Å². The minimum atomic E-state index is -0.00291. The topological polar surface area (TPSA) is 43.1 Å². The van der Waals surface area contributed by atoms with E-state index in [1.54, 1.807) is 0 Å². The minimum absolute atomic E-state index is 0.00291. The Hall–Kier alpha value is -1.90. The molecular weight excluding hydrogens is 214 g/mol. The van der Waals surface area contributed by atoms with E-state index in [1.165, 1.54) is 6.20 Å². The van der Waals surface area contributed by atoms with Crippen molar-refractivity contribution in [2.24, 2.45) is 5.92 Å². The lowest BCUT2D eigenvalue weighted by Gasteiger charge is -2.06. The predicted molar refractivity (Wildman–Crippen MR) is 65.7 cm³/mol. The molecule has 0 aliphatic carbocycles. The predicted octanol–water partition coefficient (Wildman–Crippen LogP) is 3.57. The average Bonchev–Trinajstić information content (AvgIpc) is 2.87. The third-order valence-corrected chi connectivity index (χ3v) is 2.93. The first-order valence-corrected chi connectivity index (χ1v) is 5.78. The summed E-state index contributed by atoms with van der Waals surface area (Å²) in [5.74, 6) is 0.653. The molecule has 0 saturated carbocycles. The number of benzene rings is 1. The Balaban J connectivity index is 2.39. The summed E-state index contributed by atoms with van der Waals surface area (Å²) in [4.78, 5) is 12.1. The van der Waals surface area contributed by atoms with Gasteiger partial charge in [-0.15, -0.1) is 0 Å². The van der Waals surface area contributed by atoms with Crippen LogP contribution in [-0.4, -0.2) is 10.9 Å². The van der Waals surface area contributed by atoms with Gasteiger partial charge in [0.2, 0.25) is 0 Å². The number of rotatable bonds is 4. The van der Waals surface area contributed by atoms with Gasteiger partial charge >= 0.3 is 0 Å². The molecule has 0 N–H and O–H groups in total. The van der Waals surface area contributed by atoms with E-state index in [0.717, 1.165) is 12.0 Å². The van der Waals surface area contributed by atoms with Crippen LogP contribution in [0.3, 0.4) is 0 Å². The maximum Gasteiger partial charge on any atom is 0.177 e. The van der Waals surface area contributed by atoms with E-state index in [-0.39, 0.29) is 11.7 Å². The van der Waals surface area contributed by atoms with Gasteiger partial charge in [0, 0.05) is 11.5 Å². The highest BCUT2D eigenvalue weighted by Gasteiger charge is 2.21. The molecular formula is C14H15NO2. The zero-order valence-corrected chi connectivity index (χ0v) is 10.0. The number of ketones is 1. The van der Waals surface area contributed by atoms with E-state index in [0.29, 0.717) is 11.3 Å². The van der Waals surface area contributed by atoms with Crippen LogP contribution in [0, 0.1) is 5.92 Å². The molecule has 3 nitrogen and oxygen atoms in total. The van der Waals surface area contributed by atoms with Gasteiger partial charge in [-0.25, -0.2) is 0 Å². The standard InChI is InChI=1S/C14H15NO2/c1-3-10(2)13(16)12-9-15-17-14(12)11-7-5-4-6-8-11/h4-10H,3H2,1-2H3. The molecule has 1 heterocycles. The van der Waals surface area contributed by atoms with Crippen molar-refractivity contribution in [2.45, 2.75) is 20.3 Å². The molecule has 0 saturated heterocycles. The average molecular weight is 229 g/mol. The van der Waals surface area contributed by atoms with Gasteiger partial charge in [-0.3, -0.25) is 4.79 Å². The first-order valence-electron chi connectivity index (χ1n) is 5.78. The molecule has 0 amide bonds. The molecule has 0 aliphatic rings. The lowest BCUT2D eigenvalue weighted by molar-refractivity contribution is 0.0927. The van der Waals surface area contributed by atoms with Crippen molar-refractivity contribution in [2.75, 3.05) is 0 Å². The second-order valence-corrected chi connectivity index (χ2v) is 4.11. The number of hydrogen-bond acceptors (Lipinski definition) is 3. The third kappa shape index (κ3) is 2.28. The van der Waals surface area contributed by atoms with E-state index in [2.05, 4.69) is 5.16 Å². The fourth-order valence-electron chi connectivity index (χ4n) is 1.66. The van der Waals surface area contributed by atoms with Crippen molar-refractivity contribution >= 4 is 5.78 Å². The summed E-state index contributed by atoms with van der Waals surface area (Å²) in [6, 6.07) is 9.57. The zero-order valence-electron chi connectivity index (χ0n) is 10.0. The van der Waals surface area contributed by atoms with E-state index in [4.69, 9.17) is 4.52 Å². The highest BCUT2D eigenvalue weighted by atomic mass is 16.5. The summed E-state index contributed by atoms with van der Waals surface area (Å²) in [6.07, 6.45) is 2.33. The summed E-state index contributed by atoms with van der Waals surface area (Å²) < 4.78 is 5.20. The van der Waals surface area contributed by atoms with Gasteiger partial charge in [-0.1, -0.05) is 49.3 Å². The Labute approximate surface area is 100 Å². The summed E-state index contributed by atoms with van der Waals surface area (Å²) in [5.41, 5.74) is 1.46. The van der Waals surface area contributed by atoms with Gasteiger partial charge in [-0.05, 0) is 6.42 Å². The quantitative estimate of drug-likeness (QED) is 0.753. The van der Waals surface area contributed by atoms with Crippen molar-refractivity contribution in [3.63, 3.8) is 0 Å². The van der Waals surface area contributed by atoms with Crippen LogP contribution in [0.25, 0.3) is 11.3 Å². The first kappa shape index (κ1) is 11.6. The molecule has 0 aliphatic heterocycles. The van der Waals surface area contributed by atoms with Gasteiger partial charge in [-0.2, -0.15) is 0 Å². The summed E-state index contributed by atoms with van der Waals surface area (Å²) in [5, 5.41) is 3.74. The van der Waals surface area contributed by atoms with Gasteiger partial charge in [0.1, 0.15) is 0 Å². The number of hydrogen-bond donors (Lipinski definition) is 0. The minimum Gasteiger partial charge on any atom is -0.356 e. The van der Waals surface area contributed by atoms with Crippen LogP contribution >= 0.6 is 0 Å². The molecule has 1 aromatic carbocycles. The highest BCUT2D eigenvalue weighted by molar-refractivity contribution is 6.02. The van der Waals surface area contributed by atoms with Crippen LogP contribution in [0.15, 0.2) is 41.1 Å². The molecule has 1 aromatic heterocycles. The molecule has 88 valence electrons. The molecule has 1 atom stereocenters. The Bertz CT molecular complexity index is 502. The van der Waals surface area contributed by atoms with Crippen molar-refractivity contribution in [1.29, 1.82) is 0 Å². The van der Waals surface area contributed by atoms with E-state index < -0.39 is 0 Å². The van der Waals surface area contributed by atoms with Gasteiger partial charge in [0.05, 0.1) is 11.8 Å². The first-order chi connectivity index (χ1) is 8.24. The maximum absolute atomic E-state index is 12.1. The van der Waals surface area contributed by atoms with Crippen LogP contribution in [0.5, 0.6) is 0 Å². The largest absolute Gasteiger partial charge is 0.356 e. The lowest BCUT2D eigenvalue weighted by Crippen LogP contribution is -2.10. The molecule has 0 spiro atoms. The number of carbonyl (C=O) groups excluding carboxylic acids is 1. The molecule has 1 unspecified atom stereocenters. The fraction of sp³-hybridized carbons (Fsp3) is 0.286. The SMILES string of the molecule is CCC(C)C(=O)c1cnoc1-c1ccccc1. The fourth-order valence-corrected chi connectivity index (χ4v) is 1.66. The maximum atomic E-state index is 12.1. The monoisotopic (exact) mass is 229 g/mol. The third-order valence-electron chi connectivity index (χ3n) is 2.93. The Morgan fingerprint density at radius 2 is 2.06 bits per heavy atom. The van der Waals surface area contributed by atoms with Crippen LogP contribution in [0.2, 0.25) is 0 Å². The van der Waals surface area contributed by atoms with Crippen molar-refractivity contribution < 1.29 is 9.32 Å². The molecule has 2 rings (SSSR count). The van der Waals surface area contributed by atoms with Crippen LogP contribution in [-0.2, 0) is 0 Å². The summed E-state index contributed by atoms with van der Waals surface area (Å²) in [7, 11) is 0. The van der Waals surface area contributed by atoms with E-state index >= 15 is 0 Å². The van der Waals surface area contributed by atoms with Gasteiger partial charge in [0.25, 0.3) is 0 Å².